The molecule has 3 fully saturated rings. The standard InChI is InChI=1S/C18H32O16/c19-1-5-8(22)11(25)13(27)16(31-5)30-3-7-9(23)12(26)14(28)17(32-7)34-18(4-21)15(29)10(24)6(2-20)33-18/h5-17,19-29H,1-4H2/t5-,6-,7-,8+,9+,10-,11+,12-,13-,14-,15+,16+,17-,18+/m1/s1. The predicted molar refractivity (Wildman–Crippen MR) is 101 cm³/mol. The first-order chi connectivity index (χ1) is 16.0. The fourth-order valence-electron chi connectivity index (χ4n) is 4.01. The molecule has 0 aromatic heterocycles. The van der Waals surface area contributed by atoms with Crippen LogP contribution in [0.15, 0.2) is 0 Å². The molecule has 0 bridgehead atoms. The minimum atomic E-state index is -2.36. The largest absolute Gasteiger partial charge is 0.394 e. The van der Waals surface area contributed by atoms with Crippen LogP contribution < -0.4 is 0 Å². The average Bonchev–Trinajstić information content (AvgIpc) is 3.08. The van der Waals surface area contributed by atoms with Crippen molar-refractivity contribution in [1.82, 2.24) is 0 Å². The Hall–Kier alpha value is -0.640. The molecule has 0 amide bonds. The quantitative estimate of drug-likeness (QED) is 0.146. The van der Waals surface area contributed by atoms with Gasteiger partial charge in [0.1, 0.15) is 73.8 Å². The summed E-state index contributed by atoms with van der Waals surface area (Å²) in [4.78, 5) is 0. The van der Waals surface area contributed by atoms with E-state index in [1.54, 1.807) is 0 Å². The summed E-state index contributed by atoms with van der Waals surface area (Å²) >= 11 is 0. The molecule has 11 N–H and O–H groups in total. The van der Waals surface area contributed by atoms with Gasteiger partial charge in [0.25, 0.3) is 0 Å². The molecule has 3 saturated heterocycles. The van der Waals surface area contributed by atoms with Crippen molar-refractivity contribution in [3.63, 3.8) is 0 Å². The summed E-state index contributed by atoms with van der Waals surface area (Å²) in [5, 5.41) is 109. The van der Waals surface area contributed by atoms with E-state index < -0.39 is 112 Å². The maximum absolute atomic E-state index is 10.3. The normalized spacial score (nSPS) is 52.1. The molecule has 0 unspecified atom stereocenters. The first kappa shape index (κ1) is 27.9. The van der Waals surface area contributed by atoms with Crippen molar-refractivity contribution in [2.75, 3.05) is 26.4 Å². The highest BCUT2D eigenvalue weighted by atomic mass is 16.8. The number of ether oxygens (including phenoxy) is 5. The maximum Gasteiger partial charge on any atom is 0.224 e. The average molecular weight is 504 g/mol. The Kier molecular flexibility index (Phi) is 9.18. The Morgan fingerprint density at radius 3 is 1.65 bits per heavy atom. The fraction of sp³-hybridized carbons (Fsp3) is 1.00. The first-order valence-electron chi connectivity index (χ1n) is 10.6. The zero-order valence-corrected chi connectivity index (χ0v) is 17.8. The van der Waals surface area contributed by atoms with Crippen LogP contribution in [0.2, 0.25) is 0 Å². The summed E-state index contributed by atoms with van der Waals surface area (Å²) < 4.78 is 26.4. The molecular weight excluding hydrogens is 472 g/mol. The van der Waals surface area contributed by atoms with Gasteiger partial charge in [-0.05, 0) is 0 Å². The van der Waals surface area contributed by atoms with Crippen LogP contribution in [0.25, 0.3) is 0 Å². The summed E-state index contributed by atoms with van der Waals surface area (Å²) in [6.07, 6.45) is -21.8. The van der Waals surface area contributed by atoms with E-state index in [4.69, 9.17) is 23.7 Å². The third kappa shape index (κ3) is 5.09. The molecule has 0 radical (unpaired) electrons. The zero-order valence-electron chi connectivity index (χ0n) is 17.8. The Morgan fingerprint density at radius 1 is 0.588 bits per heavy atom. The van der Waals surface area contributed by atoms with Gasteiger partial charge in [-0.2, -0.15) is 0 Å². The van der Waals surface area contributed by atoms with E-state index in [1.807, 2.05) is 0 Å². The summed E-state index contributed by atoms with van der Waals surface area (Å²) in [5.41, 5.74) is 0. The molecule has 0 aliphatic carbocycles. The molecule has 16 heteroatoms. The van der Waals surface area contributed by atoms with E-state index in [2.05, 4.69) is 0 Å². The Balaban J connectivity index is 1.69. The second kappa shape index (κ2) is 11.2. The van der Waals surface area contributed by atoms with Crippen molar-refractivity contribution in [1.29, 1.82) is 0 Å². The minimum absolute atomic E-state index is 0.634. The molecule has 3 aliphatic rings. The number of hydrogen-bond donors (Lipinski definition) is 11. The highest BCUT2D eigenvalue weighted by Gasteiger charge is 2.58. The van der Waals surface area contributed by atoms with Gasteiger partial charge in [-0.3, -0.25) is 0 Å². The predicted octanol–water partition coefficient (Wildman–Crippen LogP) is -7.57. The van der Waals surface area contributed by atoms with Crippen molar-refractivity contribution in [2.24, 2.45) is 0 Å². The summed E-state index contributed by atoms with van der Waals surface area (Å²) in [6.45, 7) is -3.14. The van der Waals surface area contributed by atoms with Crippen LogP contribution >= 0.6 is 0 Å². The highest BCUT2D eigenvalue weighted by Crippen LogP contribution is 2.36. The van der Waals surface area contributed by atoms with E-state index in [0.717, 1.165) is 0 Å². The Labute approximate surface area is 192 Å². The lowest BCUT2D eigenvalue weighted by Crippen LogP contribution is -2.63. The second-order valence-electron chi connectivity index (χ2n) is 8.41. The highest BCUT2D eigenvalue weighted by molar-refractivity contribution is 4.98. The van der Waals surface area contributed by atoms with E-state index in [-0.39, 0.29) is 0 Å². The molecule has 3 heterocycles. The minimum Gasteiger partial charge on any atom is -0.394 e. The zero-order chi connectivity index (χ0) is 25.4. The molecule has 200 valence electrons. The topological polar surface area (TPSA) is 269 Å². The van der Waals surface area contributed by atoms with Crippen molar-refractivity contribution in [2.45, 2.75) is 85.5 Å². The lowest BCUT2D eigenvalue weighted by Gasteiger charge is -2.44. The molecule has 3 aliphatic heterocycles. The molecule has 3 rings (SSSR count). The van der Waals surface area contributed by atoms with Crippen LogP contribution in [0.5, 0.6) is 0 Å². The van der Waals surface area contributed by atoms with E-state index in [0.29, 0.717) is 0 Å². The van der Waals surface area contributed by atoms with E-state index in [1.165, 1.54) is 0 Å². The van der Waals surface area contributed by atoms with Crippen LogP contribution in [-0.2, 0) is 23.7 Å². The summed E-state index contributed by atoms with van der Waals surface area (Å²) in [5.74, 6) is -2.36. The van der Waals surface area contributed by atoms with E-state index >= 15 is 0 Å². The van der Waals surface area contributed by atoms with Gasteiger partial charge in [0.15, 0.2) is 12.6 Å². The van der Waals surface area contributed by atoms with Gasteiger partial charge in [0, 0.05) is 0 Å². The van der Waals surface area contributed by atoms with Gasteiger partial charge in [-0.1, -0.05) is 0 Å². The number of rotatable bonds is 8. The Morgan fingerprint density at radius 2 is 1.12 bits per heavy atom. The maximum atomic E-state index is 10.3. The van der Waals surface area contributed by atoms with Crippen LogP contribution in [-0.4, -0.2) is 168 Å². The van der Waals surface area contributed by atoms with Gasteiger partial charge in [0.05, 0.1) is 19.8 Å². The van der Waals surface area contributed by atoms with E-state index in [9.17, 15) is 56.2 Å². The lowest BCUT2D eigenvalue weighted by molar-refractivity contribution is -0.388. The van der Waals surface area contributed by atoms with Crippen LogP contribution in [0.4, 0.5) is 0 Å². The third-order valence-corrected chi connectivity index (χ3v) is 6.16. The smallest absolute Gasteiger partial charge is 0.224 e. The summed E-state index contributed by atoms with van der Waals surface area (Å²) in [6, 6.07) is 0. The van der Waals surface area contributed by atoms with Crippen LogP contribution in [0, 0.1) is 0 Å². The van der Waals surface area contributed by atoms with Crippen LogP contribution in [0.1, 0.15) is 0 Å². The lowest BCUT2D eigenvalue weighted by atomic mass is 9.98. The SMILES string of the molecule is OC[C@H]1O[C@H](OC[C@H]2O[C@H](O[C@]3(CO)O[C@H](CO)[C@@H](O)[C@@H]3O)[C@H](O)[C@H](O)[C@H]2O)[C@H](O)[C@@H](O)[C@H]1O. The van der Waals surface area contributed by atoms with Gasteiger partial charge >= 0.3 is 0 Å². The van der Waals surface area contributed by atoms with Gasteiger partial charge in [-0.25, -0.2) is 0 Å². The van der Waals surface area contributed by atoms with Gasteiger partial charge in [0.2, 0.25) is 5.79 Å². The van der Waals surface area contributed by atoms with Crippen molar-refractivity contribution < 1.29 is 79.9 Å². The number of hydrogen-bond acceptors (Lipinski definition) is 16. The third-order valence-electron chi connectivity index (χ3n) is 6.16. The fourth-order valence-corrected chi connectivity index (χ4v) is 4.01. The molecule has 0 spiro atoms. The molecule has 0 aromatic carbocycles. The van der Waals surface area contributed by atoms with Gasteiger partial charge in [-0.15, -0.1) is 0 Å². The van der Waals surface area contributed by atoms with Crippen LogP contribution in [0.3, 0.4) is 0 Å². The Bertz CT molecular complexity index is 653. The van der Waals surface area contributed by atoms with Crippen molar-refractivity contribution >= 4 is 0 Å². The monoisotopic (exact) mass is 504 g/mol. The second-order valence-corrected chi connectivity index (χ2v) is 8.41. The van der Waals surface area contributed by atoms with Crippen molar-refractivity contribution in [3.8, 4) is 0 Å². The van der Waals surface area contributed by atoms with Gasteiger partial charge < -0.3 is 79.9 Å². The number of aliphatic hydroxyl groups excluding tert-OH is 11. The first-order valence-corrected chi connectivity index (χ1v) is 10.6. The molecule has 16 nitrogen and oxygen atoms in total. The van der Waals surface area contributed by atoms with Crippen molar-refractivity contribution in [3.05, 3.63) is 0 Å². The molecule has 34 heavy (non-hydrogen) atoms. The molecule has 0 aromatic rings. The summed E-state index contributed by atoms with van der Waals surface area (Å²) in [7, 11) is 0. The molecule has 0 saturated carbocycles. The molecule has 14 atom stereocenters. The molecular formula is C18H32O16. The number of aliphatic hydroxyl groups is 11.